The molecule has 0 bridgehead atoms. The molecule has 0 spiro atoms. The summed E-state index contributed by atoms with van der Waals surface area (Å²) in [5, 5.41) is 4.04. The van der Waals surface area contributed by atoms with Crippen LogP contribution in [-0.2, 0) is 6.54 Å². The van der Waals surface area contributed by atoms with Gasteiger partial charge in [0, 0.05) is 17.6 Å². The van der Waals surface area contributed by atoms with Gasteiger partial charge in [-0.2, -0.15) is 0 Å². The number of nitrogens with one attached hydrogen (secondary N) is 1. The number of rotatable bonds is 4. The Morgan fingerprint density at radius 2 is 1.75 bits per heavy atom. The summed E-state index contributed by atoms with van der Waals surface area (Å²) in [5.41, 5.74) is 3.48. The van der Waals surface area contributed by atoms with Crippen molar-refractivity contribution in [2.75, 3.05) is 0 Å². The van der Waals surface area contributed by atoms with E-state index in [1.54, 1.807) is 19.1 Å². The molecular weight excluding hydrogens is 273 g/mol. The zero-order valence-corrected chi connectivity index (χ0v) is 12.8. The number of benzene rings is 2. The van der Waals surface area contributed by atoms with E-state index in [0.717, 1.165) is 23.2 Å². The summed E-state index contributed by atoms with van der Waals surface area (Å²) in [6.45, 7) is 6.68. The van der Waals surface area contributed by atoms with E-state index in [1.807, 2.05) is 24.3 Å². The summed E-state index contributed by atoms with van der Waals surface area (Å²) < 4.78 is 13.6. The molecule has 0 aliphatic heterocycles. The Balaban J connectivity index is 2.26. The molecule has 0 aliphatic rings. The molecule has 0 heterocycles. The predicted octanol–water partition coefficient (Wildman–Crippen LogP) is 4.95. The van der Waals surface area contributed by atoms with Gasteiger partial charge >= 0.3 is 0 Å². The predicted molar refractivity (Wildman–Crippen MR) is 83.6 cm³/mol. The second kappa shape index (κ2) is 6.38. The topological polar surface area (TPSA) is 12.0 Å². The Morgan fingerprint density at radius 1 is 1.10 bits per heavy atom. The number of aryl methyl sites for hydroxylation is 1. The van der Waals surface area contributed by atoms with Crippen molar-refractivity contribution in [3.05, 3.63) is 58.4 Å². The number of halogens is 2. The van der Waals surface area contributed by atoms with Gasteiger partial charge in [-0.25, -0.2) is 4.39 Å². The molecule has 0 saturated heterocycles. The molecule has 0 unspecified atom stereocenters. The van der Waals surface area contributed by atoms with E-state index in [-0.39, 0.29) is 5.82 Å². The van der Waals surface area contributed by atoms with Gasteiger partial charge in [0.15, 0.2) is 0 Å². The van der Waals surface area contributed by atoms with Crippen molar-refractivity contribution in [2.24, 2.45) is 0 Å². The maximum absolute atomic E-state index is 13.6. The Kier molecular flexibility index (Phi) is 4.79. The van der Waals surface area contributed by atoms with Gasteiger partial charge in [0.05, 0.1) is 0 Å². The fraction of sp³-hybridized carbons (Fsp3) is 0.294. The van der Waals surface area contributed by atoms with Gasteiger partial charge in [0.25, 0.3) is 0 Å². The zero-order chi connectivity index (χ0) is 14.7. The SMILES string of the molecule is Cc1ccc(-c2ccc(CNC(C)C)c(Cl)c2)cc1F. The molecule has 3 heteroatoms. The third-order valence-electron chi connectivity index (χ3n) is 3.26. The average molecular weight is 292 g/mol. The molecule has 0 atom stereocenters. The van der Waals surface area contributed by atoms with E-state index >= 15 is 0 Å². The molecule has 0 radical (unpaired) electrons. The van der Waals surface area contributed by atoms with E-state index in [2.05, 4.69) is 19.2 Å². The lowest BCUT2D eigenvalue weighted by Gasteiger charge is -2.11. The van der Waals surface area contributed by atoms with Crippen molar-refractivity contribution in [2.45, 2.75) is 33.4 Å². The molecule has 20 heavy (non-hydrogen) atoms. The first-order chi connectivity index (χ1) is 9.47. The minimum Gasteiger partial charge on any atom is -0.310 e. The van der Waals surface area contributed by atoms with Crippen LogP contribution in [0.25, 0.3) is 11.1 Å². The molecule has 0 amide bonds. The summed E-state index contributed by atoms with van der Waals surface area (Å²) in [5.74, 6) is -0.191. The summed E-state index contributed by atoms with van der Waals surface area (Å²) in [6, 6.07) is 11.5. The van der Waals surface area contributed by atoms with Crippen LogP contribution in [0, 0.1) is 12.7 Å². The maximum Gasteiger partial charge on any atom is 0.126 e. The summed E-state index contributed by atoms with van der Waals surface area (Å²) in [4.78, 5) is 0. The standard InChI is InChI=1S/C17H19ClFN/c1-11(2)20-10-15-7-6-13(8-16(15)18)14-5-4-12(3)17(19)9-14/h4-9,11,20H,10H2,1-3H3. The van der Waals surface area contributed by atoms with E-state index in [4.69, 9.17) is 11.6 Å². The minimum absolute atomic E-state index is 0.191. The van der Waals surface area contributed by atoms with E-state index in [1.165, 1.54) is 0 Å². The smallest absolute Gasteiger partial charge is 0.126 e. The molecule has 1 nitrogen and oxygen atoms in total. The molecule has 2 aromatic rings. The normalized spacial score (nSPS) is 11.1. The summed E-state index contributed by atoms with van der Waals surface area (Å²) in [7, 11) is 0. The lowest BCUT2D eigenvalue weighted by Crippen LogP contribution is -2.21. The Hall–Kier alpha value is -1.38. The zero-order valence-electron chi connectivity index (χ0n) is 12.0. The molecule has 2 rings (SSSR count). The first-order valence-corrected chi connectivity index (χ1v) is 7.13. The molecule has 2 aromatic carbocycles. The van der Waals surface area contributed by atoms with Crippen LogP contribution in [0.5, 0.6) is 0 Å². The van der Waals surface area contributed by atoms with E-state index < -0.39 is 0 Å². The van der Waals surface area contributed by atoms with Crippen LogP contribution in [0.4, 0.5) is 4.39 Å². The van der Waals surface area contributed by atoms with Crippen LogP contribution in [0.2, 0.25) is 5.02 Å². The highest BCUT2D eigenvalue weighted by Gasteiger charge is 2.06. The van der Waals surface area contributed by atoms with Gasteiger partial charge in [-0.05, 0) is 41.3 Å². The molecule has 1 N–H and O–H groups in total. The third kappa shape index (κ3) is 3.59. The van der Waals surface area contributed by atoms with Gasteiger partial charge in [-0.3, -0.25) is 0 Å². The molecule has 106 valence electrons. The second-order valence-corrected chi connectivity index (χ2v) is 5.71. The molecule has 0 fully saturated rings. The Morgan fingerprint density at radius 3 is 2.35 bits per heavy atom. The van der Waals surface area contributed by atoms with E-state index in [0.29, 0.717) is 16.6 Å². The Bertz CT molecular complexity index is 608. The summed E-state index contributed by atoms with van der Waals surface area (Å²) in [6.07, 6.45) is 0. The van der Waals surface area contributed by atoms with Crippen LogP contribution in [0.15, 0.2) is 36.4 Å². The molecule has 0 aliphatic carbocycles. The molecular formula is C17H19ClFN. The third-order valence-corrected chi connectivity index (χ3v) is 3.61. The highest BCUT2D eigenvalue weighted by Crippen LogP contribution is 2.27. The Labute approximate surface area is 124 Å². The van der Waals surface area contributed by atoms with Crippen molar-refractivity contribution >= 4 is 11.6 Å². The highest BCUT2D eigenvalue weighted by molar-refractivity contribution is 6.31. The van der Waals surface area contributed by atoms with Crippen LogP contribution in [-0.4, -0.2) is 6.04 Å². The van der Waals surface area contributed by atoms with Gasteiger partial charge in [0.2, 0.25) is 0 Å². The first-order valence-electron chi connectivity index (χ1n) is 6.75. The van der Waals surface area contributed by atoms with Crippen molar-refractivity contribution < 1.29 is 4.39 Å². The van der Waals surface area contributed by atoms with Gasteiger partial charge in [-0.15, -0.1) is 0 Å². The fourth-order valence-electron chi connectivity index (χ4n) is 1.96. The highest BCUT2D eigenvalue weighted by atomic mass is 35.5. The minimum atomic E-state index is -0.191. The maximum atomic E-state index is 13.6. The average Bonchev–Trinajstić information content (AvgIpc) is 2.40. The van der Waals surface area contributed by atoms with E-state index in [9.17, 15) is 4.39 Å². The largest absolute Gasteiger partial charge is 0.310 e. The monoisotopic (exact) mass is 291 g/mol. The number of hydrogen-bond acceptors (Lipinski definition) is 1. The van der Waals surface area contributed by atoms with Crippen LogP contribution in [0.3, 0.4) is 0 Å². The lowest BCUT2D eigenvalue weighted by molar-refractivity contribution is 0.589. The van der Waals surface area contributed by atoms with Crippen molar-refractivity contribution in [1.29, 1.82) is 0 Å². The molecule has 0 aromatic heterocycles. The summed E-state index contributed by atoms with van der Waals surface area (Å²) >= 11 is 6.30. The lowest BCUT2D eigenvalue weighted by atomic mass is 10.0. The van der Waals surface area contributed by atoms with Crippen LogP contribution >= 0.6 is 11.6 Å². The van der Waals surface area contributed by atoms with Crippen LogP contribution < -0.4 is 5.32 Å². The second-order valence-electron chi connectivity index (χ2n) is 5.31. The van der Waals surface area contributed by atoms with Gasteiger partial charge in [-0.1, -0.05) is 49.7 Å². The van der Waals surface area contributed by atoms with Crippen molar-refractivity contribution in [3.8, 4) is 11.1 Å². The van der Waals surface area contributed by atoms with Crippen molar-refractivity contribution in [3.63, 3.8) is 0 Å². The van der Waals surface area contributed by atoms with Gasteiger partial charge < -0.3 is 5.32 Å². The fourth-order valence-corrected chi connectivity index (χ4v) is 2.20. The number of hydrogen-bond donors (Lipinski definition) is 1. The first kappa shape index (κ1) is 15.0. The quantitative estimate of drug-likeness (QED) is 0.840. The van der Waals surface area contributed by atoms with Crippen LogP contribution in [0.1, 0.15) is 25.0 Å². The molecule has 0 saturated carbocycles. The van der Waals surface area contributed by atoms with Crippen molar-refractivity contribution in [1.82, 2.24) is 5.32 Å². The van der Waals surface area contributed by atoms with Gasteiger partial charge in [0.1, 0.15) is 5.82 Å².